The Morgan fingerprint density at radius 3 is 1.17 bits per heavy atom. The van der Waals surface area contributed by atoms with Gasteiger partial charge in [0, 0.05) is 44.7 Å². The van der Waals surface area contributed by atoms with Crippen LogP contribution in [0.2, 0.25) is 0 Å². The first-order chi connectivity index (χ1) is 18.5. The first-order valence-corrected chi connectivity index (χ1v) is 15.8. The van der Waals surface area contributed by atoms with Gasteiger partial charge in [0.05, 0.1) is 12.9 Å². The van der Waals surface area contributed by atoms with Crippen LogP contribution in [0.15, 0.2) is 32.1 Å². The van der Waals surface area contributed by atoms with Gasteiger partial charge >= 0.3 is 0 Å². The Balaban J connectivity index is -0.0000000653. The van der Waals surface area contributed by atoms with Crippen molar-refractivity contribution >= 4 is 24.0 Å². The molecule has 1 unspecified atom stereocenters. The van der Waals surface area contributed by atoms with Crippen LogP contribution in [-0.2, 0) is 0 Å². The molecular formula is C36H81N5. The number of rotatable bonds is 0. The molecule has 0 saturated carbocycles. The lowest BCUT2D eigenvalue weighted by molar-refractivity contribution is 0.568. The van der Waals surface area contributed by atoms with Crippen molar-refractivity contribution in [3.63, 3.8) is 0 Å². The van der Waals surface area contributed by atoms with Gasteiger partial charge in [0.15, 0.2) is 0 Å². The second kappa shape index (κ2) is 48.0. The number of aliphatic imine (C=N–C) groups is 4. The molecule has 0 aromatic rings. The Morgan fingerprint density at radius 1 is 0.634 bits per heavy atom. The van der Waals surface area contributed by atoms with Gasteiger partial charge in [-0.2, -0.15) is 0 Å². The lowest BCUT2D eigenvalue weighted by atomic mass is 10.1. The summed E-state index contributed by atoms with van der Waals surface area (Å²) in [6.45, 7) is 30.0. The summed E-state index contributed by atoms with van der Waals surface area (Å²) in [6, 6.07) is 0. The van der Waals surface area contributed by atoms with Crippen LogP contribution in [0.4, 0.5) is 0 Å². The van der Waals surface area contributed by atoms with E-state index in [4.69, 9.17) is 0 Å². The molecule has 250 valence electrons. The lowest BCUT2D eigenvalue weighted by Crippen LogP contribution is -2.11. The highest BCUT2D eigenvalue weighted by Gasteiger charge is 2.01. The number of hydrogen-bond donors (Lipinski definition) is 0. The van der Waals surface area contributed by atoms with E-state index in [9.17, 15) is 0 Å². The SMILES string of the molecule is C.C.C.CC.CC.CC.CC.CC1=NCCC1.CC1=NCCC1.CC1CC=CC1.CC1CC=NC1.CN1C=NCC1. The highest BCUT2D eigenvalue weighted by molar-refractivity contribution is 5.83. The first-order valence-electron chi connectivity index (χ1n) is 15.8. The zero-order valence-electron chi connectivity index (χ0n) is 28.2. The molecule has 0 spiro atoms. The van der Waals surface area contributed by atoms with Gasteiger partial charge in [-0.3, -0.25) is 20.0 Å². The van der Waals surface area contributed by atoms with Crippen LogP contribution in [0, 0.1) is 11.8 Å². The summed E-state index contributed by atoms with van der Waals surface area (Å²) >= 11 is 0. The summed E-state index contributed by atoms with van der Waals surface area (Å²) in [7, 11) is 2.02. The molecule has 1 atom stereocenters. The number of nitrogens with zero attached hydrogens (tertiary/aromatic N) is 5. The fraction of sp³-hybridized carbons (Fsp3) is 0.833. The lowest BCUT2D eigenvalue weighted by Gasteiger charge is -1.99. The van der Waals surface area contributed by atoms with E-state index in [0.717, 1.165) is 44.6 Å². The maximum atomic E-state index is 4.15. The molecule has 5 heteroatoms. The Hall–Kier alpha value is -1.78. The fourth-order valence-electron chi connectivity index (χ4n) is 3.17. The molecule has 5 rings (SSSR count). The van der Waals surface area contributed by atoms with Crippen LogP contribution >= 0.6 is 0 Å². The van der Waals surface area contributed by atoms with Crippen molar-refractivity contribution in [2.24, 2.45) is 31.8 Å². The Labute approximate surface area is 262 Å². The van der Waals surface area contributed by atoms with Crippen LogP contribution in [0.25, 0.3) is 0 Å². The largest absolute Gasteiger partial charge is 0.364 e. The van der Waals surface area contributed by atoms with Gasteiger partial charge in [0.1, 0.15) is 0 Å². The van der Waals surface area contributed by atoms with E-state index in [1.54, 1.807) is 0 Å². The van der Waals surface area contributed by atoms with Crippen molar-refractivity contribution in [1.82, 2.24) is 4.90 Å². The smallest absolute Gasteiger partial charge is 0.0848 e. The van der Waals surface area contributed by atoms with Crippen LogP contribution in [-0.4, -0.2) is 68.6 Å². The summed E-state index contributed by atoms with van der Waals surface area (Å²) in [4.78, 5) is 18.4. The summed E-state index contributed by atoms with van der Waals surface area (Å²) in [6.07, 6.45) is 17.2. The topological polar surface area (TPSA) is 52.7 Å². The maximum Gasteiger partial charge on any atom is 0.0848 e. The van der Waals surface area contributed by atoms with Crippen LogP contribution in [0.3, 0.4) is 0 Å². The zero-order chi connectivity index (χ0) is 30.0. The van der Waals surface area contributed by atoms with Crippen molar-refractivity contribution in [3.8, 4) is 0 Å². The fourth-order valence-corrected chi connectivity index (χ4v) is 3.17. The highest BCUT2D eigenvalue weighted by Crippen LogP contribution is 2.15. The van der Waals surface area contributed by atoms with Gasteiger partial charge in [-0.1, -0.05) is 104 Å². The Bertz CT molecular complexity index is 533. The molecule has 5 aliphatic rings. The predicted octanol–water partition coefficient (Wildman–Crippen LogP) is 11.5. The highest BCUT2D eigenvalue weighted by atomic mass is 15.2. The monoisotopic (exact) mass is 584 g/mol. The number of hydrogen-bond acceptors (Lipinski definition) is 5. The number of likely N-dealkylation sites (N-methyl/N-ethyl adjacent to an activating group) is 1. The van der Waals surface area contributed by atoms with Gasteiger partial charge in [-0.25, -0.2) is 0 Å². The summed E-state index contributed by atoms with van der Waals surface area (Å²) in [5.41, 5.74) is 2.66. The average Bonchev–Trinajstić information content (AvgIpc) is 3.80. The standard InChI is InChI=1S/C6H10.3C5H9N.C4H8N2.4C2H6.3CH4/c1-6-4-2-3-5-6;1-5-2-3-6-4-5;2*1-5-3-2-4-6-5;1-6-3-2-5-4-6;4*1-2;;;/h2-3,6H,4-5H2,1H3;3,5H,2,4H2,1H3;2*2-4H2,1H3;4H,2-3H2,1H3;4*1-2H3;3*1H4. The van der Waals surface area contributed by atoms with Crippen molar-refractivity contribution in [1.29, 1.82) is 0 Å². The molecule has 0 aromatic heterocycles. The van der Waals surface area contributed by atoms with E-state index in [-0.39, 0.29) is 22.3 Å². The Morgan fingerprint density at radius 2 is 1.07 bits per heavy atom. The van der Waals surface area contributed by atoms with E-state index in [1.807, 2.05) is 75.0 Å². The van der Waals surface area contributed by atoms with Crippen molar-refractivity contribution in [2.75, 3.05) is 39.8 Å². The van der Waals surface area contributed by atoms with Gasteiger partial charge in [-0.05, 0) is 76.8 Å². The molecule has 0 bridgehead atoms. The molecule has 5 nitrogen and oxygen atoms in total. The quantitative estimate of drug-likeness (QED) is 0.262. The van der Waals surface area contributed by atoms with E-state index < -0.39 is 0 Å². The van der Waals surface area contributed by atoms with E-state index in [0.29, 0.717) is 0 Å². The summed E-state index contributed by atoms with van der Waals surface area (Å²) < 4.78 is 0. The Kier molecular flexibility index (Phi) is 64.6. The maximum absolute atomic E-state index is 4.15. The second-order valence-corrected chi connectivity index (χ2v) is 8.88. The van der Waals surface area contributed by atoms with Gasteiger partial charge < -0.3 is 4.90 Å². The van der Waals surface area contributed by atoms with Crippen molar-refractivity contribution < 1.29 is 0 Å². The normalized spacial score (nSPS) is 17.7. The van der Waals surface area contributed by atoms with E-state index in [2.05, 4.69) is 64.7 Å². The molecular weight excluding hydrogens is 502 g/mol. The molecule has 4 heterocycles. The van der Waals surface area contributed by atoms with Crippen LogP contribution < -0.4 is 0 Å². The van der Waals surface area contributed by atoms with Gasteiger partial charge in [-0.15, -0.1) is 0 Å². The molecule has 0 amide bonds. The van der Waals surface area contributed by atoms with Crippen molar-refractivity contribution in [3.05, 3.63) is 12.2 Å². The van der Waals surface area contributed by atoms with Gasteiger partial charge in [0.25, 0.3) is 0 Å². The minimum absolute atomic E-state index is 0. The minimum atomic E-state index is 0. The number of allylic oxidation sites excluding steroid dienone is 2. The van der Waals surface area contributed by atoms with Crippen LogP contribution in [0.1, 0.15) is 150 Å². The molecule has 0 aromatic carbocycles. The van der Waals surface area contributed by atoms with Crippen LogP contribution in [0.5, 0.6) is 0 Å². The minimum Gasteiger partial charge on any atom is -0.364 e. The summed E-state index contributed by atoms with van der Waals surface area (Å²) in [5, 5.41) is 0. The molecule has 4 aliphatic heterocycles. The third kappa shape index (κ3) is 45.4. The second-order valence-electron chi connectivity index (χ2n) is 8.88. The van der Waals surface area contributed by atoms with Crippen molar-refractivity contribution in [2.45, 2.75) is 150 Å². The molecule has 0 saturated heterocycles. The first kappa shape index (κ1) is 55.2. The van der Waals surface area contributed by atoms with E-state index in [1.165, 1.54) is 56.4 Å². The third-order valence-corrected chi connectivity index (χ3v) is 5.31. The van der Waals surface area contributed by atoms with Gasteiger partial charge in [0.2, 0.25) is 0 Å². The van der Waals surface area contributed by atoms with E-state index >= 15 is 0 Å². The zero-order valence-corrected chi connectivity index (χ0v) is 28.2. The molecule has 0 radical (unpaired) electrons. The summed E-state index contributed by atoms with van der Waals surface area (Å²) in [5.74, 6) is 1.76. The third-order valence-electron chi connectivity index (χ3n) is 5.31. The molecule has 41 heavy (non-hydrogen) atoms. The predicted molar refractivity (Wildman–Crippen MR) is 201 cm³/mol. The molecule has 1 aliphatic carbocycles. The molecule has 0 fully saturated rings. The molecule has 0 N–H and O–H groups in total. The average molecular weight is 584 g/mol.